The Morgan fingerprint density at radius 3 is 2.29 bits per heavy atom. The zero-order chi connectivity index (χ0) is 21.6. The van der Waals surface area contributed by atoms with Crippen LogP contribution in [0.5, 0.6) is 5.75 Å². The van der Waals surface area contributed by atoms with Crippen molar-refractivity contribution in [2.45, 2.75) is 44.2 Å². The Balaban J connectivity index is 0.00000341. The highest BCUT2D eigenvalue weighted by Crippen LogP contribution is 2.35. The van der Waals surface area contributed by atoms with Crippen molar-refractivity contribution in [1.29, 1.82) is 0 Å². The van der Waals surface area contributed by atoms with Crippen LogP contribution in [0.15, 0.2) is 54.6 Å². The van der Waals surface area contributed by atoms with Crippen LogP contribution >= 0.6 is 12.4 Å². The zero-order valence-electron chi connectivity index (χ0n) is 18.0. The van der Waals surface area contributed by atoms with Crippen molar-refractivity contribution in [2.75, 3.05) is 20.2 Å². The van der Waals surface area contributed by atoms with E-state index in [1.807, 2.05) is 44.3 Å². The van der Waals surface area contributed by atoms with E-state index in [9.17, 15) is 9.59 Å². The molecule has 0 heterocycles. The van der Waals surface area contributed by atoms with Gasteiger partial charge in [-0.05, 0) is 56.6 Å². The average molecular weight is 447 g/mol. The summed E-state index contributed by atoms with van der Waals surface area (Å²) in [5.74, 6) is -0.103. The van der Waals surface area contributed by atoms with E-state index < -0.39 is 11.5 Å². The van der Waals surface area contributed by atoms with Gasteiger partial charge in [0.25, 0.3) is 0 Å². The summed E-state index contributed by atoms with van der Waals surface area (Å²) in [5.41, 5.74) is 0.592. The fourth-order valence-electron chi connectivity index (χ4n) is 4.10. The summed E-state index contributed by atoms with van der Waals surface area (Å²) in [4.78, 5) is 26.5. The Hall–Kier alpha value is -2.57. The summed E-state index contributed by atoms with van der Waals surface area (Å²) in [6.45, 7) is 3.10. The molecule has 2 aromatic carbocycles. The molecule has 0 unspecified atom stereocenters. The molecule has 1 aliphatic carbocycles. The lowest BCUT2D eigenvalue weighted by Crippen LogP contribution is -2.57. The number of benzene rings is 2. The van der Waals surface area contributed by atoms with E-state index in [4.69, 9.17) is 9.84 Å². The lowest BCUT2D eigenvalue weighted by atomic mass is 9.93. The summed E-state index contributed by atoms with van der Waals surface area (Å²) in [6.07, 6.45) is 3.70. The Bertz CT molecular complexity index is 852. The monoisotopic (exact) mass is 446 g/mol. The Morgan fingerprint density at radius 2 is 1.71 bits per heavy atom. The van der Waals surface area contributed by atoms with Gasteiger partial charge in [0.2, 0.25) is 5.91 Å². The second kappa shape index (κ2) is 11.2. The number of carbonyl (C=O) groups is 2. The molecule has 3 rings (SSSR count). The average Bonchev–Trinajstić information content (AvgIpc) is 3.26. The van der Waals surface area contributed by atoms with E-state index in [-0.39, 0.29) is 29.9 Å². The van der Waals surface area contributed by atoms with Gasteiger partial charge >= 0.3 is 5.97 Å². The number of hydrogen-bond acceptors (Lipinski definition) is 4. The van der Waals surface area contributed by atoms with Crippen molar-refractivity contribution >= 4 is 24.3 Å². The molecule has 1 atom stereocenters. The second-order valence-corrected chi connectivity index (χ2v) is 7.94. The molecule has 6 nitrogen and oxygen atoms in total. The van der Waals surface area contributed by atoms with Crippen LogP contribution in [-0.2, 0) is 4.79 Å². The lowest BCUT2D eigenvalue weighted by molar-refractivity contribution is -0.133. The topological polar surface area (TPSA) is 78.9 Å². The van der Waals surface area contributed by atoms with Crippen LogP contribution in [0.3, 0.4) is 0 Å². The minimum absolute atomic E-state index is 0. The first-order valence-electron chi connectivity index (χ1n) is 10.5. The fourth-order valence-corrected chi connectivity index (χ4v) is 4.10. The summed E-state index contributed by atoms with van der Waals surface area (Å²) in [5, 5.41) is 12.2. The van der Waals surface area contributed by atoms with Crippen LogP contribution < -0.4 is 10.1 Å². The number of carboxylic acid groups (broad SMARTS) is 1. The first-order valence-corrected chi connectivity index (χ1v) is 10.5. The Labute approximate surface area is 190 Å². The first kappa shape index (κ1) is 24.7. The molecule has 1 amide bonds. The molecule has 0 spiro atoms. The predicted molar refractivity (Wildman–Crippen MR) is 123 cm³/mol. The molecular weight excluding hydrogens is 416 g/mol. The van der Waals surface area contributed by atoms with E-state index in [0.29, 0.717) is 13.2 Å². The van der Waals surface area contributed by atoms with E-state index in [1.54, 1.807) is 24.3 Å². The molecule has 0 bridgehead atoms. The van der Waals surface area contributed by atoms with Crippen LogP contribution in [0.25, 0.3) is 0 Å². The van der Waals surface area contributed by atoms with Gasteiger partial charge in [0.1, 0.15) is 17.9 Å². The van der Waals surface area contributed by atoms with E-state index >= 15 is 0 Å². The zero-order valence-corrected chi connectivity index (χ0v) is 18.9. The van der Waals surface area contributed by atoms with Gasteiger partial charge in [-0.3, -0.25) is 9.69 Å². The molecule has 0 aromatic heterocycles. The summed E-state index contributed by atoms with van der Waals surface area (Å²) < 4.78 is 5.82. The number of carboxylic acids is 1. The van der Waals surface area contributed by atoms with Crippen LogP contribution in [0.2, 0.25) is 0 Å². The van der Waals surface area contributed by atoms with Crippen LogP contribution in [-0.4, -0.2) is 47.6 Å². The van der Waals surface area contributed by atoms with Crippen LogP contribution in [0.4, 0.5) is 0 Å². The van der Waals surface area contributed by atoms with Gasteiger partial charge in [-0.15, -0.1) is 12.4 Å². The Kier molecular flexibility index (Phi) is 8.89. The summed E-state index contributed by atoms with van der Waals surface area (Å²) in [6, 6.07) is 16.1. The number of likely N-dealkylation sites (N-methyl/N-ethyl adjacent to an activating group) is 1. The number of rotatable bonds is 9. The third-order valence-electron chi connectivity index (χ3n) is 6.03. The first-order chi connectivity index (χ1) is 14.4. The molecule has 2 aromatic rings. The number of nitrogens with one attached hydrogen (secondary N) is 1. The SMILES string of the molecule is C[C@H](NC(=O)C1(N(C)CCOc2ccccc2)CCCC1)c1ccc(C(=O)O)cc1.Cl. The van der Waals surface area contributed by atoms with Gasteiger partial charge < -0.3 is 15.2 Å². The van der Waals surface area contributed by atoms with Crippen LogP contribution in [0.1, 0.15) is 54.6 Å². The molecule has 1 fully saturated rings. The summed E-state index contributed by atoms with van der Waals surface area (Å²) in [7, 11) is 1.99. The number of carbonyl (C=O) groups excluding carboxylic acids is 1. The third kappa shape index (κ3) is 5.99. The van der Waals surface area contributed by atoms with Gasteiger partial charge in [0, 0.05) is 6.54 Å². The largest absolute Gasteiger partial charge is 0.492 e. The van der Waals surface area contributed by atoms with Crippen LogP contribution in [0, 0.1) is 0 Å². The minimum atomic E-state index is -0.956. The molecule has 168 valence electrons. The number of nitrogens with zero attached hydrogens (tertiary/aromatic N) is 1. The van der Waals surface area contributed by atoms with E-state index in [1.165, 1.54) is 0 Å². The molecular formula is C24H31ClN2O4. The molecule has 0 aliphatic heterocycles. The highest BCUT2D eigenvalue weighted by Gasteiger charge is 2.44. The van der Waals surface area contributed by atoms with E-state index in [0.717, 1.165) is 37.0 Å². The second-order valence-electron chi connectivity index (χ2n) is 7.94. The van der Waals surface area contributed by atoms with Gasteiger partial charge in [0.05, 0.1) is 11.6 Å². The number of halogens is 1. The fraction of sp³-hybridized carbons (Fsp3) is 0.417. The predicted octanol–water partition coefficient (Wildman–Crippen LogP) is 4.31. The quantitative estimate of drug-likeness (QED) is 0.600. The molecule has 0 radical (unpaired) electrons. The maximum atomic E-state index is 13.3. The summed E-state index contributed by atoms with van der Waals surface area (Å²) >= 11 is 0. The standard InChI is InChI=1S/C24H30N2O4.ClH/c1-18(19-10-12-20(13-11-19)22(27)28)25-23(29)24(14-6-7-15-24)26(2)16-17-30-21-8-4-3-5-9-21;/h3-5,8-13,18H,6-7,14-17H2,1-2H3,(H,25,29)(H,27,28);1H/t18-;/m0./s1. The van der Waals surface area contributed by atoms with Crippen molar-refractivity contribution in [1.82, 2.24) is 10.2 Å². The maximum Gasteiger partial charge on any atom is 0.335 e. The Morgan fingerprint density at radius 1 is 1.10 bits per heavy atom. The van der Waals surface area contributed by atoms with Crippen molar-refractivity contribution in [2.24, 2.45) is 0 Å². The van der Waals surface area contributed by atoms with Crippen molar-refractivity contribution in [3.63, 3.8) is 0 Å². The number of aromatic carboxylic acids is 1. The molecule has 0 saturated heterocycles. The molecule has 2 N–H and O–H groups in total. The molecule has 7 heteroatoms. The van der Waals surface area contributed by atoms with Crippen molar-refractivity contribution in [3.8, 4) is 5.75 Å². The van der Waals surface area contributed by atoms with Crippen molar-refractivity contribution < 1.29 is 19.4 Å². The molecule has 1 saturated carbocycles. The van der Waals surface area contributed by atoms with Gasteiger partial charge in [0.15, 0.2) is 0 Å². The number of ether oxygens (including phenoxy) is 1. The van der Waals surface area contributed by atoms with E-state index in [2.05, 4.69) is 10.2 Å². The minimum Gasteiger partial charge on any atom is -0.492 e. The van der Waals surface area contributed by atoms with Gasteiger partial charge in [-0.2, -0.15) is 0 Å². The lowest BCUT2D eigenvalue weighted by Gasteiger charge is -2.38. The molecule has 1 aliphatic rings. The smallest absolute Gasteiger partial charge is 0.335 e. The third-order valence-corrected chi connectivity index (χ3v) is 6.03. The van der Waals surface area contributed by atoms with Gasteiger partial charge in [-0.1, -0.05) is 43.2 Å². The number of para-hydroxylation sites is 1. The highest BCUT2D eigenvalue weighted by atomic mass is 35.5. The maximum absolute atomic E-state index is 13.3. The number of hydrogen-bond donors (Lipinski definition) is 2. The molecule has 31 heavy (non-hydrogen) atoms. The highest BCUT2D eigenvalue weighted by molar-refractivity contribution is 5.88. The van der Waals surface area contributed by atoms with Crippen molar-refractivity contribution in [3.05, 3.63) is 65.7 Å². The van der Waals surface area contributed by atoms with Gasteiger partial charge in [-0.25, -0.2) is 4.79 Å². The number of amides is 1. The normalized spacial score (nSPS) is 15.7.